The predicted octanol–water partition coefficient (Wildman–Crippen LogP) is 4.41. The highest BCUT2D eigenvalue weighted by Gasteiger charge is 2.34. The van der Waals surface area contributed by atoms with E-state index in [0.29, 0.717) is 42.3 Å². The molecule has 10 heteroatoms. The Balaban J connectivity index is 1.40. The molecule has 0 aliphatic carbocycles. The van der Waals surface area contributed by atoms with E-state index in [1.54, 1.807) is 35.2 Å². The van der Waals surface area contributed by atoms with Gasteiger partial charge in [0, 0.05) is 31.2 Å². The van der Waals surface area contributed by atoms with Crippen LogP contribution in [0, 0.1) is 5.92 Å². The highest BCUT2D eigenvalue weighted by molar-refractivity contribution is 6.04. The molecule has 0 saturated heterocycles. The number of rotatable bonds is 8. The van der Waals surface area contributed by atoms with E-state index in [1.807, 2.05) is 57.3 Å². The number of ether oxygens (including phenoxy) is 3. The van der Waals surface area contributed by atoms with E-state index in [-0.39, 0.29) is 37.4 Å². The summed E-state index contributed by atoms with van der Waals surface area (Å²) in [7, 11) is 2.01. The summed E-state index contributed by atoms with van der Waals surface area (Å²) in [6, 6.07) is 19.3. The number of likely N-dealkylation sites (N-methyl/N-ethyl adjacent to an activating group) is 1. The molecule has 0 aromatic heterocycles. The zero-order valence-corrected chi connectivity index (χ0v) is 23.5. The number of nitrogens with one attached hydrogen (secondary N) is 2. The highest BCUT2D eigenvalue weighted by Crippen LogP contribution is 2.36. The minimum atomic E-state index is -0.451. The van der Waals surface area contributed by atoms with Gasteiger partial charge in [-0.3, -0.25) is 9.69 Å². The molecular weight excluding hydrogens is 524 g/mol. The van der Waals surface area contributed by atoms with Crippen molar-refractivity contribution in [3.63, 3.8) is 0 Å². The maximum absolute atomic E-state index is 13.7. The van der Waals surface area contributed by atoms with Crippen LogP contribution in [0.25, 0.3) is 0 Å². The molecule has 3 N–H and O–H groups in total. The van der Waals surface area contributed by atoms with Crippen molar-refractivity contribution in [2.45, 2.75) is 32.5 Å². The third-order valence-corrected chi connectivity index (χ3v) is 7.35. The number of fused-ring (bicyclic) bond motifs is 2. The Bertz CT molecular complexity index is 1380. The molecule has 2 aliphatic heterocycles. The third kappa shape index (κ3) is 6.55. The molecule has 0 saturated carbocycles. The molecule has 2 heterocycles. The van der Waals surface area contributed by atoms with Crippen molar-refractivity contribution < 1.29 is 28.9 Å². The van der Waals surface area contributed by atoms with Gasteiger partial charge in [0.15, 0.2) is 17.2 Å². The van der Waals surface area contributed by atoms with Gasteiger partial charge in [-0.05, 0) is 55.9 Å². The van der Waals surface area contributed by atoms with Crippen molar-refractivity contribution in [2.75, 3.05) is 44.2 Å². The van der Waals surface area contributed by atoms with Crippen LogP contribution < -0.4 is 24.8 Å². The van der Waals surface area contributed by atoms with Crippen LogP contribution in [0.4, 0.5) is 16.2 Å². The van der Waals surface area contributed by atoms with E-state index < -0.39 is 6.03 Å². The normalized spacial score (nSPS) is 18.7. The molecule has 41 heavy (non-hydrogen) atoms. The summed E-state index contributed by atoms with van der Waals surface area (Å²) >= 11 is 0. The van der Waals surface area contributed by atoms with E-state index in [2.05, 4.69) is 15.5 Å². The number of carbonyl (C=O) groups is 2. The van der Waals surface area contributed by atoms with Crippen LogP contribution >= 0.6 is 0 Å². The topological polar surface area (TPSA) is 113 Å². The lowest BCUT2D eigenvalue weighted by Crippen LogP contribution is -2.49. The number of aliphatic hydroxyl groups is 1. The van der Waals surface area contributed by atoms with E-state index in [1.165, 1.54) is 0 Å². The van der Waals surface area contributed by atoms with Crippen LogP contribution in [0.3, 0.4) is 0 Å². The number of aliphatic hydroxyl groups excluding tert-OH is 1. The van der Waals surface area contributed by atoms with Gasteiger partial charge in [0.1, 0.15) is 6.10 Å². The van der Waals surface area contributed by atoms with Crippen molar-refractivity contribution in [2.24, 2.45) is 5.92 Å². The molecule has 0 bridgehead atoms. The molecular formula is C31H36N4O6. The monoisotopic (exact) mass is 560 g/mol. The molecule has 3 amide bonds. The average molecular weight is 561 g/mol. The van der Waals surface area contributed by atoms with Crippen molar-refractivity contribution in [1.82, 2.24) is 9.80 Å². The summed E-state index contributed by atoms with van der Waals surface area (Å²) in [6.07, 6.45) is -0.325. The van der Waals surface area contributed by atoms with Crippen molar-refractivity contribution >= 4 is 23.3 Å². The van der Waals surface area contributed by atoms with Crippen LogP contribution in [0.1, 0.15) is 29.8 Å². The Morgan fingerprint density at radius 1 is 1.07 bits per heavy atom. The Labute approximate surface area is 239 Å². The van der Waals surface area contributed by atoms with Gasteiger partial charge in [-0.25, -0.2) is 4.79 Å². The smallest absolute Gasteiger partial charge is 0.323 e. The number of hydrogen-bond acceptors (Lipinski definition) is 7. The first-order valence-electron chi connectivity index (χ1n) is 13.7. The molecule has 0 fully saturated rings. The minimum Gasteiger partial charge on any atom is -0.486 e. The number of hydrogen-bond donors (Lipinski definition) is 3. The van der Waals surface area contributed by atoms with Crippen LogP contribution in [0.2, 0.25) is 0 Å². The second kappa shape index (κ2) is 12.5. The Hall–Kier alpha value is -4.28. The van der Waals surface area contributed by atoms with Gasteiger partial charge >= 0.3 is 6.03 Å². The molecule has 3 atom stereocenters. The number of anilines is 2. The second-order valence-corrected chi connectivity index (χ2v) is 10.6. The molecule has 0 radical (unpaired) electrons. The SMILES string of the molecule is C[C@@H]1CN([C@@H](C)CO)C(=O)c2cccc(NC(=O)Nc3ccccc3)c2O[C@H]1CN(C)Cc1ccc2c(c1)OCO2. The summed E-state index contributed by atoms with van der Waals surface area (Å²) in [5.41, 5.74) is 2.43. The third-order valence-electron chi connectivity index (χ3n) is 7.35. The van der Waals surface area contributed by atoms with Gasteiger partial charge in [-0.2, -0.15) is 0 Å². The fourth-order valence-electron chi connectivity index (χ4n) is 5.09. The first kappa shape index (κ1) is 28.3. The largest absolute Gasteiger partial charge is 0.486 e. The number of nitrogens with zero attached hydrogens (tertiary/aromatic N) is 2. The molecule has 5 rings (SSSR count). The van der Waals surface area contributed by atoms with Gasteiger partial charge in [0.25, 0.3) is 5.91 Å². The number of para-hydroxylation sites is 2. The molecule has 10 nitrogen and oxygen atoms in total. The van der Waals surface area contributed by atoms with Crippen LogP contribution in [-0.2, 0) is 6.54 Å². The van der Waals surface area contributed by atoms with Crippen LogP contribution in [0.15, 0.2) is 66.7 Å². The molecule has 0 spiro atoms. The second-order valence-electron chi connectivity index (χ2n) is 10.6. The lowest BCUT2D eigenvalue weighted by atomic mass is 9.99. The molecule has 0 unspecified atom stereocenters. The van der Waals surface area contributed by atoms with E-state index >= 15 is 0 Å². The van der Waals surface area contributed by atoms with Crippen LogP contribution in [-0.4, -0.2) is 72.5 Å². The molecule has 3 aromatic rings. The lowest BCUT2D eigenvalue weighted by molar-refractivity contribution is 0.0343. The Kier molecular flexibility index (Phi) is 8.61. The summed E-state index contributed by atoms with van der Waals surface area (Å²) in [5.74, 6) is 1.45. The number of benzene rings is 3. The number of amides is 3. The zero-order chi connectivity index (χ0) is 28.9. The molecule has 216 valence electrons. The van der Waals surface area contributed by atoms with E-state index in [9.17, 15) is 14.7 Å². The van der Waals surface area contributed by atoms with E-state index in [4.69, 9.17) is 14.2 Å². The van der Waals surface area contributed by atoms with Gasteiger partial charge in [0.2, 0.25) is 6.79 Å². The maximum Gasteiger partial charge on any atom is 0.323 e. The van der Waals surface area contributed by atoms with Gasteiger partial charge in [-0.15, -0.1) is 0 Å². The molecule has 3 aromatic carbocycles. The predicted molar refractivity (Wildman–Crippen MR) is 156 cm³/mol. The molecule has 2 aliphatic rings. The number of carbonyl (C=O) groups excluding carboxylic acids is 2. The Morgan fingerprint density at radius 3 is 2.63 bits per heavy atom. The van der Waals surface area contributed by atoms with Crippen molar-refractivity contribution in [3.8, 4) is 17.2 Å². The number of urea groups is 1. The summed E-state index contributed by atoms with van der Waals surface area (Å²) in [6.45, 7) is 5.52. The quantitative estimate of drug-likeness (QED) is 0.374. The van der Waals surface area contributed by atoms with Crippen LogP contribution in [0.5, 0.6) is 17.2 Å². The first-order chi connectivity index (χ1) is 19.8. The standard InChI is InChI=1S/C31H36N4O6/c1-20-15-35(21(2)18-36)30(37)24-10-7-11-25(33-31(38)32-23-8-5-4-6-9-23)29(24)41-28(20)17-34(3)16-22-12-13-26-27(14-22)40-19-39-26/h4-14,20-21,28,36H,15-19H2,1-3H3,(H2,32,33,38)/t20-,21+,28+/m1/s1. The highest BCUT2D eigenvalue weighted by atomic mass is 16.7. The van der Waals surface area contributed by atoms with Crippen molar-refractivity contribution in [3.05, 3.63) is 77.9 Å². The lowest BCUT2D eigenvalue weighted by Gasteiger charge is -2.38. The van der Waals surface area contributed by atoms with Crippen molar-refractivity contribution in [1.29, 1.82) is 0 Å². The average Bonchev–Trinajstić information content (AvgIpc) is 3.43. The summed E-state index contributed by atoms with van der Waals surface area (Å²) < 4.78 is 17.6. The van der Waals surface area contributed by atoms with E-state index in [0.717, 1.165) is 17.1 Å². The minimum absolute atomic E-state index is 0.0773. The Morgan fingerprint density at radius 2 is 1.85 bits per heavy atom. The first-order valence-corrected chi connectivity index (χ1v) is 13.7. The fourth-order valence-corrected chi connectivity index (χ4v) is 5.09. The summed E-state index contributed by atoms with van der Waals surface area (Å²) in [5, 5.41) is 15.6. The van der Waals surface area contributed by atoms with Gasteiger partial charge in [0.05, 0.1) is 23.9 Å². The van der Waals surface area contributed by atoms with Gasteiger partial charge in [-0.1, -0.05) is 37.3 Å². The zero-order valence-electron chi connectivity index (χ0n) is 23.5. The fraction of sp³-hybridized carbons (Fsp3) is 0.355. The maximum atomic E-state index is 13.7. The van der Waals surface area contributed by atoms with Gasteiger partial charge < -0.3 is 34.9 Å². The summed E-state index contributed by atoms with van der Waals surface area (Å²) in [4.78, 5) is 30.4.